The summed E-state index contributed by atoms with van der Waals surface area (Å²) in [5, 5.41) is 9.76. The molecule has 4 heteroatoms. The van der Waals surface area contributed by atoms with Crippen LogP contribution in [0.4, 0.5) is 0 Å². The van der Waals surface area contributed by atoms with Crippen molar-refractivity contribution in [3.8, 4) is 5.75 Å². The van der Waals surface area contributed by atoms with Crippen molar-refractivity contribution in [2.45, 2.75) is 20.0 Å². The van der Waals surface area contributed by atoms with E-state index >= 15 is 0 Å². The highest BCUT2D eigenvalue weighted by molar-refractivity contribution is 9.10. The van der Waals surface area contributed by atoms with Crippen LogP contribution >= 0.6 is 15.9 Å². The van der Waals surface area contributed by atoms with Crippen LogP contribution < -0.4 is 10.5 Å². The third-order valence-corrected chi connectivity index (χ3v) is 3.50. The largest absolute Gasteiger partial charge is 0.495 e. The number of aliphatic hydroxyl groups excluding tert-OH is 1. The number of hydrogen-bond donors (Lipinski definition) is 2. The summed E-state index contributed by atoms with van der Waals surface area (Å²) in [6, 6.07) is 1.91. The van der Waals surface area contributed by atoms with Gasteiger partial charge in [-0.15, -0.1) is 0 Å². The Kier molecular flexibility index (Phi) is 4.13. The summed E-state index contributed by atoms with van der Waals surface area (Å²) < 4.78 is 6.15. The number of hydrogen-bond acceptors (Lipinski definition) is 3. The molecule has 1 aromatic carbocycles. The molecule has 0 amide bonds. The highest BCUT2D eigenvalue weighted by atomic mass is 79.9. The topological polar surface area (TPSA) is 55.5 Å². The van der Waals surface area contributed by atoms with Crippen molar-refractivity contribution >= 4 is 15.9 Å². The molecule has 0 saturated carbocycles. The van der Waals surface area contributed by atoms with Crippen LogP contribution in [0.2, 0.25) is 0 Å². The van der Waals surface area contributed by atoms with Gasteiger partial charge < -0.3 is 15.6 Å². The Balaban J connectivity index is 3.38. The molecular formula is C11H16BrNO2. The molecule has 0 aromatic heterocycles. The lowest BCUT2D eigenvalue weighted by Gasteiger charge is -2.17. The quantitative estimate of drug-likeness (QED) is 0.887. The third kappa shape index (κ3) is 2.33. The lowest BCUT2D eigenvalue weighted by molar-refractivity contribution is 0.182. The molecule has 0 aliphatic heterocycles. The Bertz CT molecular complexity index is 366. The highest BCUT2D eigenvalue weighted by Gasteiger charge is 2.17. The highest BCUT2D eigenvalue weighted by Crippen LogP contribution is 2.37. The van der Waals surface area contributed by atoms with Gasteiger partial charge in [0.15, 0.2) is 0 Å². The first-order valence-electron chi connectivity index (χ1n) is 4.74. The van der Waals surface area contributed by atoms with E-state index in [4.69, 9.17) is 10.5 Å². The Morgan fingerprint density at radius 3 is 2.60 bits per heavy atom. The zero-order chi connectivity index (χ0) is 11.6. The van der Waals surface area contributed by atoms with E-state index in [0.717, 1.165) is 21.2 Å². The second-order valence-corrected chi connectivity index (χ2v) is 4.30. The fourth-order valence-electron chi connectivity index (χ4n) is 1.46. The molecule has 3 N–H and O–H groups in total. The molecule has 3 nitrogen and oxygen atoms in total. The minimum absolute atomic E-state index is 0.186. The lowest BCUT2D eigenvalue weighted by atomic mass is 10.0. The van der Waals surface area contributed by atoms with Crippen LogP contribution in [0.15, 0.2) is 10.5 Å². The fraction of sp³-hybridized carbons (Fsp3) is 0.455. The van der Waals surface area contributed by atoms with Crippen molar-refractivity contribution in [2.75, 3.05) is 13.7 Å². The Labute approximate surface area is 98.4 Å². The van der Waals surface area contributed by atoms with Crippen molar-refractivity contribution in [3.05, 3.63) is 27.2 Å². The van der Waals surface area contributed by atoms with Gasteiger partial charge in [-0.2, -0.15) is 0 Å². The first-order valence-corrected chi connectivity index (χ1v) is 5.54. The summed E-state index contributed by atoms with van der Waals surface area (Å²) in [6.07, 6.45) is -0.685. The predicted octanol–water partition coefficient (Wildman–Crippen LogP) is 2.07. The van der Waals surface area contributed by atoms with Crippen molar-refractivity contribution in [1.82, 2.24) is 0 Å². The van der Waals surface area contributed by atoms with Crippen LogP contribution in [0.1, 0.15) is 22.8 Å². The van der Waals surface area contributed by atoms with Gasteiger partial charge >= 0.3 is 0 Å². The van der Waals surface area contributed by atoms with Gasteiger partial charge in [0.1, 0.15) is 5.75 Å². The van der Waals surface area contributed by atoms with E-state index in [1.54, 1.807) is 7.11 Å². The summed E-state index contributed by atoms with van der Waals surface area (Å²) >= 11 is 3.46. The number of benzene rings is 1. The first-order chi connectivity index (χ1) is 7.02. The normalized spacial score (nSPS) is 12.7. The van der Waals surface area contributed by atoms with E-state index in [0.29, 0.717) is 5.75 Å². The molecule has 1 unspecified atom stereocenters. The monoisotopic (exact) mass is 273 g/mol. The smallest absolute Gasteiger partial charge is 0.139 e. The Hall–Kier alpha value is -0.580. The number of halogens is 1. The fourth-order valence-corrected chi connectivity index (χ4v) is 2.16. The van der Waals surface area contributed by atoms with Gasteiger partial charge in [-0.05, 0) is 47.0 Å². The SMILES string of the molecule is COc1c(C(O)CN)cc(C)c(C)c1Br. The van der Waals surface area contributed by atoms with Gasteiger partial charge in [0.05, 0.1) is 17.7 Å². The number of aliphatic hydroxyl groups is 1. The average Bonchev–Trinajstić information content (AvgIpc) is 2.24. The summed E-state index contributed by atoms with van der Waals surface area (Å²) in [7, 11) is 1.58. The van der Waals surface area contributed by atoms with E-state index in [1.165, 1.54) is 0 Å². The second-order valence-electron chi connectivity index (χ2n) is 3.51. The van der Waals surface area contributed by atoms with Gasteiger partial charge in [-0.1, -0.05) is 0 Å². The Morgan fingerprint density at radius 2 is 2.13 bits per heavy atom. The molecule has 1 atom stereocenters. The molecule has 84 valence electrons. The molecule has 0 aliphatic carbocycles. The second kappa shape index (κ2) is 4.96. The molecule has 1 rings (SSSR count). The number of methoxy groups -OCH3 is 1. The van der Waals surface area contributed by atoms with Crippen molar-refractivity contribution < 1.29 is 9.84 Å². The Morgan fingerprint density at radius 1 is 1.53 bits per heavy atom. The molecule has 0 fully saturated rings. The van der Waals surface area contributed by atoms with Crippen LogP contribution in [-0.4, -0.2) is 18.8 Å². The molecule has 0 bridgehead atoms. The molecule has 0 spiro atoms. The van der Waals surface area contributed by atoms with Gasteiger partial charge in [0, 0.05) is 12.1 Å². The van der Waals surface area contributed by atoms with E-state index in [-0.39, 0.29) is 6.54 Å². The molecule has 0 aliphatic rings. The summed E-state index contributed by atoms with van der Waals surface area (Å²) in [5.41, 5.74) is 8.39. The maximum atomic E-state index is 9.76. The molecule has 15 heavy (non-hydrogen) atoms. The van der Waals surface area contributed by atoms with Crippen LogP contribution in [0.25, 0.3) is 0 Å². The average molecular weight is 274 g/mol. The number of rotatable bonds is 3. The van der Waals surface area contributed by atoms with Gasteiger partial charge in [-0.25, -0.2) is 0 Å². The van der Waals surface area contributed by atoms with E-state index in [2.05, 4.69) is 15.9 Å². The van der Waals surface area contributed by atoms with Gasteiger partial charge in [0.2, 0.25) is 0 Å². The number of nitrogens with two attached hydrogens (primary N) is 1. The van der Waals surface area contributed by atoms with Crippen LogP contribution in [0.3, 0.4) is 0 Å². The molecular weight excluding hydrogens is 258 g/mol. The van der Waals surface area contributed by atoms with Crippen LogP contribution in [0.5, 0.6) is 5.75 Å². The van der Waals surface area contributed by atoms with Crippen molar-refractivity contribution in [1.29, 1.82) is 0 Å². The first kappa shape index (κ1) is 12.5. The molecule has 0 heterocycles. The molecule has 0 radical (unpaired) electrons. The van der Waals surface area contributed by atoms with E-state index in [9.17, 15) is 5.11 Å². The zero-order valence-electron chi connectivity index (χ0n) is 9.17. The van der Waals surface area contributed by atoms with Crippen molar-refractivity contribution in [3.63, 3.8) is 0 Å². The zero-order valence-corrected chi connectivity index (χ0v) is 10.8. The van der Waals surface area contributed by atoms with Crippen LogP contribution in [0, 0.1) is 13.8 Å². The summed E-state index contributed by atoms with van der Waals surface area (Å²) in [4.78, 5) is 0. The maximum absolute atomic E-state index is 9.76. The van der Waals surface area contributed by atoms with E-state index < -0.39 is 6.10 Å². The van der Waals surface area contributed by atoms with Gasteiger partial charge in [0.25, 0.3) is 0 Å². The standard InChI is InChI=1S/C11H16BrNO2/c1-6-4-8(9(14)5-13)11(15-3)10(12)7(6)2/h4,9,14H,5,13H2,1-3H3. The molecule has 1 aromatic rings. The predicted molar refractivity (Wildman–Crippen MR) is 64.2 cm³/mol. The minimum Gasteiger partial charge on any atom is -0.495 e. The summed E-state index contributed by atoms with van der Waals surface area (Å²) in [5.74, 6) is 0.663. The van der Waals surface area contributed by atoms with Crippen LogP contribution in [-0.2, 0) is 0 Å². The lowest BCUT2D eigenvalue weighted by Crippen LogP contribution is -2.13. The molecule has 0 saturated heterocycles. The summed E-state index contributed by atoms with van der Waals surface area (Å²) in [6.45, 7) is 4.18. The number of aryl methyl sites for hydroxylation is 1. The van der Waals surface area contributed by atoms with Crippen molar-refractivity contribution in [2.24, 2.45) is 5.73 Å². The van der Waals surface area contributed by atoms with Gasteiger partial charge in [-0.3, -0.25) is 0 Å². The third-order valence-electron chi connectivity index (χ3n) is 2.54. The number of ether oxygens (including phenoxy) is 1. The van der Waals surface area contributed by atoms with E-state index in [1.807, 2.05) is 19.9 Å². The minimum atomic E-state index is -0.685. The maximum Gasteiger partial charge on any atom is 0.139 e.